The summed E-state index contributed by atoms with van der Waals surface area (Å²) in [7, 11) is 0. The van der Waals surface area contributed by atoms with Crippen LogP contribution in [0, 0.1) is 17.8 Å². The molecule has 108 valence electrons. The van der Waals surface area contributed by atoms with Crippen molar-refractivity contribution < 1.29 is 14.7 Å². The first-order valence-electron chi connectivity index (χ1n) is 6.66. The summed E-state index contributed by atoms with van der Waals surface area (Å²) in [6.45, 7) is 2.02. The number of carbonyl (C=O) groups excluding carboxylic acids is 1. The number of anilines is 1. The van der Waals surface area contributed by atoms with Gasteiger partial charge in [-0.2, -0.15) is 0 Å². The molecule has 2 N–H and O–H groups in total. The van der Waals surface area contributed by atoms with Crippen LogP contribution in [0.15, 0.2) is 18.5 Å². The molecule has 1 aliphatic carbocycles. The highest BCUT2D eigenvalue weighted by Crippen LogP contribution is 2.39. The summed E-state index contributed by atoms with van der Waals surface area (Å²) in [5.41, 5.74) is 0.420. The highest BCUT2D eigenvalue weighted by molar-refractivity contribution is 6.33. The molecule has 1 fully saturated rings. The third-order valence-corrected chi connectivity index (χ3v) is 4.25. The minimum Gasteiger partial charge on any atom is -0.481 e. The van der Waals surface area contributed by atoms with Gasteiger partial charge >= 0.3 is 5.97 Å². The predicted octanol–water partition coefficient (Wildman–Crippen LogP) is 2.81. The molecule has 2 rings (SSSR count). The minimum absolute atomic E-state index is 0.288. The monoisotopic (exact) mass is 296 g/mol. The Morgan fingerprint density at radius 3 is 2.75 bits per heavy atom. The van der Waals surface area contributed by atoms with E-state index in [-0.39, 0.29) is 11.8 Å². The number of pyridine rings is 1. The first-order chi connectivity index (χ1) is 9.52. The lowest BCUT2D eigenvalue weighted by atomic mass is 9.95. The zero-order valence-electron chi connectivity index (χ0n) is 11.2. The van der Waals surface area contributed by atoms with E-state index in [0.717, 1.165) is 6.42 Å². The molecule has 0 radical (unpaired) electrons. The quantitative estimate of drug-likeness (QED) is 0.895. The van der Waals surface area contributed by atoms with E-state index < -0.39 is 17.8 Å². The highest BCUT2D eigenvalue weighted by atomic mass is 35.5. The van der Waals surface area contributed by atoms with Gasteiger partial charge in [-0.25, -0.2) is 0 Å². The summed E-state index contributed by atoms with van der Waals surface area (Å²) >= 11 is 5.96. The second-order valence-corrected chi connectivity index (χ2v) is 5.55. The van der Waals surface area contributed by atoms with Crippen molar-refractivity contribution in [2.24, 2.45) is 17.8 Å². The van der Waals surface area contributed by atoms with Gasteiger partial charge in [-0.15, -0.1) is 0 Å². The van der Waals surface area contributed by atoms with Crippen molar-refractivity contribution in [3.05, 3.63) is 23.5 Å². The number of aromatic nitrogens is 1. The average Bonchev–Trinajstić information content (AvgIpc) is 2.86. The van der Waals surface area contributed by atoms with Crippen LogP contribution in [-0.4, -0.2) is 22.0 Å². The lowest BCUT2D eigenvalue weighted by molar-refractivity contribution is -0.145. The molecule has 0 saturated heterocycles. The van der Waals surface area contributed by atoms with E-state index in [1.54, 1.807) is 6.07 Å². The molecule has 1 aliphatic rings. The van der Waals surface area contributed by atoms with Gasteiger partial charge in [-0.1, -0.05) is 24.9 Å². The van der Waals surface area contributed by atoms with Crippen LogP contribution in [0.3, 0.4) is 0 Å². The lowest BCUT2D eigenvalue weighted by Crippen LogP contribution is -2.30. The third-order valence-electron chi connectivity index (χ3n) is 3.92. The van der Waals surface area contributed by atoms with E-state index in [4.69, 9.17) is 11.6 Å². The topological polar surface area (TPSA) is 79.3 Å². The van der Waals surface area contributed by atoms with E-state index in [0.29, 0.717) is 23.6 Å². The summed E-state index contributed by atoms with van der Waals surface area (Å²) in [5.74, 6) is -2.03. The summed E-state index contributed by atoms with van der Waals surface area (Å²) in [5, 5.41) is 12.3. The maximum Gasteiger partial charge on any atom is 0.307 e. The second-order valence-electron chi connectivity index (χ2n) is 5.14. The fourth-order valence-corrected chi connectivity index (χ4v) is 2.89. The number of carbonyl (C=O) groups is 2. The molecular formula is C14H17ClN2O3. The molecule has 1 amide bonds. The zero-order chi connectivity index (χ0) is 14.7. The van der Waals surface area contributed by atoms with Gasteiger partial charge in [0.05, 0.1) is 28.7 Å². The molecule has 1 heterocycles. The van der Waals surface area contributed by atoms with Crippen LogP contribution in [0.1, 0.15) is 26.2 Å². The van der Waals surface area contributed by atoms with Crippen molar-refractivity contribution >= 4 is 29.2 Å². The Labute approximate surface area is 122 Å². The summed E-state index contributed by atoms with van der Waals surface area (Å²) in [6.07, 6.45) is 5.05. The Morgan fingerprint density at radius 2 is 2.15 bits per heavy atom. The van der Waals surface area contributed by atoms with Gasteiger partial charge in [-0.3, -0.25) is 14.6 Å². The van der Waals surface area contributed by atoms with Crippen molar-refractivity contribution in [2.45, 2.75) is 26.2 Å². The first kappa shape index (κ1) is 14.8. The van der Waals surface area contributed by atoms with Gasteiger partial charge in [0.25, 0.3) is 0 Å². The van der Waals surface area contributed by atoms with E-state index in [1.807, 2.05) is 6.92 Å². The van der Waals surface area contributed by atoms with Gasteiger partial charge in [0, 0.05) is 6.20 Å². The Kier molecular flexibility index (Phi) is 4.60. The number of hydrogen-bond donors (Lipinski definition) is 2. The number of amides is 1. The van der Waals surface area contributed by atoms with Gasteiger partial charge in [0.1, 0.15) is 0 Å². The number of nitrogens with one attached hydrogen (secondary N) is 1. The Bertz CT molecular complexity index is 521. The number of aliphatic carboxylic acids is 1. The molecule has 3 unspecified atom stereocenters. The number of nitrogens with zero attached hydrogens (tertiary/aromatic N) is 1. The van der Waals surface area contributed by atoms with Crippen LogP contribution in [0.4, 0.5) is 5.69 Å². The number of carboxylic acid groups (broad SMARTS) is 1. The molecule has 5 nitrogen and oxygen atoms in total. The Hall–Kier alpha value is -1.62. The van der Waals surface area contributed by atoms with Crippen molar-refractivity contribution in [1.82, 2.24) is 4.98 Å². The molecule has 3 atom stereocenters. The van der Waals surface area contributed by atoms with Crippen LogP contribution in [0.25, 0.3) is 0 Å². The second kappa shape index (κ2) is 6.22. The molecule has 0 aromatic carbocycles. The van der Waals surface area contributed by atoms with E-state index in [1.165, 1.54) is 12.4 Å². The van der Waals surface area contributed by atoms with Gasteiger partial charge in [-0.05, 0) is 24.8 Å². The smallest absolute Gasteiger partial charge is 0.307 e. The standard InChI is InChI=1S/C14H17ClN2O3/c1-2-8-5-9(10(6-8)14(19)20)13(18)17-12-7-16-4-3-11(12)15/h3-4,7-10H,2,5-6H2,1H3,(H,17,18)(H,19,20). The molecule has 0 spiro atoms. The highest BCUT2D eigenvalue weighted by Gasteiger charge is 2.42. The van der Waals surface area contributed by atoms with Crippen LogP contribution in [0.2, 0.25) is 5.02 Å². The van der Waals surface area contributed by atoms with Crippen LogP contribution in [0.5, 0.6) is 0 Å². The first-order valence-corrected chi connectivity index (χ1v) is 7.03. The molecule has 0 aliphatic heterocycles. The van der Waals surface area contributed by atoms with E-state index in [2.05, 4.69) is 10.3 Å². The molecule has 1 saturated carbocycles. The minimum atomic E-state index is -0.904. The summed E-state index contributed by atoms with van der Waals surface area (Å²) in [4.78, 5) is 27.5. The fraction of sp³-hybridized carbons (Fsp3) is 0.500. The van der Waals surface area contributed by atoms with Crippen LogP contribution < -0.4 is 5.32 Å². The van der Waals surface area contributed by atoms with Gasteiger partial charge < -0.3 is 10.4 Å². The SMILES string of the molecule is CCC1CC(C(=O)O)C(C(=O)Nc2cnccc2Cl)C1. The molecule has 20 heavy (non-hydrogen) atoms. The van der Waals surface area contributed by atoms with Crippen molar-refractivity contribution in [3.8, 4) is 0 Å². The Morgan fingerprint density at radius 1 is 1.45 bits per heavy atom. The molecular weight excluding hydrogens is 280 g/mol. The molecule has 0 bridgehead atoms. The Balaban J connectivity index is 2.11. The van der Waals surface area contributed by atoms with Gasteiger partial charge in [0.2, 0.25) is 5.91 Å². The maximum atomic E-state index is 12.3. The fourth-order valence-electron chi connectivity index (χ4n) is 2.73. The van der Waals surface area contributed by atoms with Crippen LogP contribution in [-0.2, 0) is 9.59 Å². The van der Waals surface area contributed by atoms with E-state index >= 15 is 0 Å². The summed E-state index contributed by atoms with van der Waals surface area (Å²) in [6, 6.07) is 1.58. The normalized spacial score (nSPS) is 25.4. The molecule has 6 heteroatoms. The van der Waals surface area contributed by atoms with Gasteiger partial charge in [0.15, 0.2) is 0 Å². The number of carboxylic acids is 1. The van der Waals surface area contributed by atoms with E-state index in [9.17, 15) is 14.7 Å². The number of halogens is 1. The molecule has 1 aromatic rings. The van der Waals surface area contributed by atoms with Crippen LogP contribution >= 0.6 is 11.6 Å². The third kappa shape index (κ3) is 3.10. The molecule has 1 aromatic heterocycles. The largest absolute Gasteiger partial charge is 0.481 e. The van der Waals surface area contributed by atoms with Crippen molar-refractivity contribution in [1.29, 1.82) is 0 Å². The zero-order valence-corrected chi connectivity index (χ0v) is 11.9. The maximum absolute atomic E-state index is 12.3. The average molecular weight is 297 g/mol. The number of rotatable bonds is 4. The predicted molar refractivity (Wildman–Crippen MR) is 75.5 cm³/mol. The number of hydrogen-bond acceptors (Lipinski definition) is 3. The summed E-state index contributed by atoms with van der Waals surface area (Å²) < 4.78 is 0. The van der Waals surface area contributed by atoms with Crippen molar-refractivity contribution in [2.75, 3.05) is 5.32 Å². The van der Waals surface area contributed by atoms with Crippen molar-refractivity contribution in [3.63, 3.8) is 0 Å². The lowest BCUT2D eigenvalue weighted by Gasteiger charge is -2.15.